The molecule has 3 heterocycles. The van der Waals surface area contributed by atoms with Crippen molar-refractivity contribution in [1.29, 1.82) is 0 Å². The van der Waals surface area contributed by atoms with Gasteiger partial charge in [0.25, 0.3) is 0 Å². The fraction of sp³-hybridized carbons (Fsp3) is 0.250. The van der Waals surface area contributed by atoms with Gasteiger partial charge in [-0.3, -0.25) is 5.43 Å². The fourth-order valence-electron chi connectivity index (χ4n) is 2.02. The quantitative estimate of drug-likeness (QED) is 0.489. The summed E-state index contributed by atoms with van der Waals surface area (Å²) in [6, 6.07) is 2.21. The van der Waals surface area contributed by atoms with Gasteiger partial charge in [-0.05, 0) is 18.4 Å². The lowest BCUT2D eigenvalue weighted by Gasteiger charge is -2.16. The van der Waals surface area contributed by atoms with Crippen molar-refractivity contribution in [2.24, 2.45) is 5.84 Å². The highest BCUT2D eigenvalue weighted by Gasteiger charge is 2.11. The molecule has 7 nitrogen and oxygen atoms in total. The second kappa shape index (κ2) is 5.43. The number of nitrogen functional groups attached to an aromatic ring is 1. The number of nitrogens with two attached hydrogens (primary N) is 1. The second-order valence-corrected chi connectivity index (χ2v) is 5.38. The monoisotopic (exact) mass is 289 g/mol. The Morgan fingerprint density at radius 3 is 3.10 bits per heavy atom. The topological polar surface area (TPSA) is 93.7 Å². The summed E-state index contributed by atoms with van der Waals surface area (Å²) in [5.41, 5.74) is 2.50. The van der Waals surface area contributed by atoms with Crippen LogP contribution in [0.2, 0.25) is 0 Å². The summed E-state index contributed by atoms with van der Waals surface area (Å²) in [6.45, 7) is 2.90. The summed E-state index contributed by atoms with van der Waals surface area (Å²) < 4.78 is 2.02. The van der Waals surface area contributed by atoms with Crippen molar-refractivity contribution >= 4 is 33.3 Å². The van der Waals surface area contributed by atoms with E-state index in [1.807, 2.05) is 22.2 Å². The second-order valence-electron chi connectivity index (χ2n) is 4.48. The Labute approximate surface area is 119 Å². The van der Waals surface area contributed by atoms with E-state index in [0.717, 1.165) is 22.6 Å². The van der Waals surface area contributed by atoms with Gasteiger partial charge in [0, 0.05) is 25.0 Å². The normalized spacial score (nSPS) is 12.5. The number of nitrogens with zero attached hydrogens (tertiary/aromatic N) is 4. The van der Waals surface area contributed by atoms with Crippen LogP contribution in [0.15, 0.2) is 30.2 Å². The maximum atomic E-state index is 5.41. The van der Waals surface area contributed by atoms with Crippen molar-refractivity contribution in [3.05, 3.63) is 30.2 Å². The van der Waals surface area contributed by atoms with Gasteiger partial charge in [0.1, 0.15) is 10.6 Å². The van der Waals surface area contributed by atoms with E-state index in [-0.39, 0.29) is 6.04 Å². The highest BCUT2D eigenvalue weighted by atomic mass is 32.1. The van der Waals surface area contributed by atoms with Gasteiger partial charge in [-0.15, -0.1) is 11.3 Å². The Morgan fingerprint density at radius 1 is 1.45 bits per heavy atom. The van der Waals surface area contributed by atoms with Gasteiger partial charge < -0.3 is 9.88 Å². The minimum atomic E-state index is 0.202. The third kappa shape index (κ3) is 2.56. The number of aromatic nitrogens is 4. The molecule has 0 aliphatic rings. The molecule has 0 aliphatic carbocycles. The average Bonchev–Trinajstić information content (AvgIpc) is 3.09. The third-order valence-electron chi connectivity index (χ3n) is 2.88. The van der Waals surface area contributed by atoms with Crippen LogP contribution < -0.4 is 16.6 Å². The molecule has 20 heavy (non-hydrogen) atoms. The van der Waals surface area contributed by atoms with Crippen molar-refractivity contribution in [1.82, 2.24) is 19.5 Å². The summed E-state index contributed by atoms with van der Waals surface area (Å²) in [4.78, 5) is 13.6. The van der Waals surface area contributed by atoms with Gasteiger partial charge >= 0.3 is 0 Å². The van der Waals surface area contributed by atoms with Crippen LogP contribution in [0.1, 0.15) is 6.92 Å². The molecule has 3 rings (SSSR count). The molecule has 4 N–H and O–H groups in total. The lowest BCUT2D eigenvalue weighted by Crippen LogP contribution is -2.22. The first-order valence-electron chi connectivity index (χ1n) is 6.20. The van der Waals surface area contributed by atoms with Gasteiger partial charge in [0.05, 0.1) is 11.7 Å². The molecule has 0 amide bonds. The Balaban J connectivity index is 1.84. The molecule has 0 bridgehead atoms. The number of imidazole rings is 1. The lowest BCUT2D eigenvalue weighted by atomic mass is 10.3. The number of rotatable bonds is 5. The molecule has 0 fully saturated rings. The summed E-state index contributed by atoms with van der Waals surface area (Å²) in [5.74, 6) is 6.61. The number of anilines is 2. The number of fused-ring (bicyclic) bond motifs is 1. The van der Waals surface area contributed by atoms with E-state index in [9.17, 15) is 0 Å². The SMILES string of the molecule is CC(Cn1ccnc1)Nc1nc(NN)nc2sccc12. The molecule has 0 aliphatic heterocycles. The van der Waals surface area contributed by atoms with Crippen LogP contribution in [-0.4, -0.2) is 25.6 Å². The van der Waals surface area contributed by atoms with Crippen molar-refractivity contribution in [3.8, 4) is 0 Å². The maximum absolute atomic E-state index is 5.41. The van der Waals surface area contributed by atoms with Crippen LogP contribution in [-0.2, 0) is 6.54 Å². The van der Waals surface area contributed by atoms with Crippen LogP contribution in [0.25, 0.3) is 10.2 Å². The van der Waals surface area contributed by atoms with E-state index in [1.54, 1.807) is 23.9 Å². The summed E-state index contributed by atoms with van der Waals surface area (Å²) in [6.07, 6.45) is 5.50. The largest absolute Gasteiger partial charge is 0.365 e. The van der Waals surface area contributed by atoms with Crippen molar-refractivity contribution in [3.63, 3.8) is 0 Å². The standard InChI is InChI=1S/C12H15N7S/c1-8(6-19-4-3-14-7-19)15-10-9-2-5-20-11(9)17-12(16-10)18-13/h2-5,7-8H,6,13H2,1H3,(H2,15,16,17,18). The van der Waals surface area contributed by atoms with Crippen LogP contribution in [0.4, 0.5) is 11.8 Å². The minimum Gasteiger partial charge on any atom is -0.365 e. The minimum absolute atomic E-state index is 0.202. The van der Waals surface area contributed by atoms with E-state index in [0.29, 0.717) is 5.95 Å². The van der Waals surface area contributed by atoms with E-state index in [2.05, 4.69) is 32.6 Å². The van der Waals surface area contributed by atoms with E-state index in [4.69, 9.17) is 5.84 Å². The van der Waals surface area contributed by atoms with Crippen molar-refractivity contribution < 1.29 is 0 Å². The molecular formula is C12H15N7S. The number of nitrogens with one attached hydrogen (secondary N) is 2. The fourth-order valence-corrected chi connectivity index (χ4v) is 2.78. The predicted molar refractivity (Wildman–Crippen MR) is 80.5 cm³/mol. The Hall–Kier alpha value is -2.19. The highest BCUT2D eigenvalue weighted by molar-refractivity contribution is 7.16. The first-order valence-corrected chi connectivity index (χ1v) is 7.08. The molecule has 1 unspecified atom stereocenters. The number of thiophene rings is 1. The molecule has 0 saturated heterocycles. The molecule has 0 radical (unpaired) electrons. The van der Waals surface area contributed by atoms with Gasteiger partial charge in [-0.1, -0.05) is 0 Å². The molecule has 0 saturated carbocycles. The first-order chi connectivity index (χ1) is 9.76. The van der Waals surface area contributed by atoms with Crippen LogP contribution in [0.3, 0.4) is 0 Å². The summed E-state index contributed by atoms with van der Waals surface area (Å²) >= 11 is 1.56. The summed E-state index contributed by atoms with van der Waals surface area (Å²) in [7, 11) is 0. The zero-order valence-corrected chi connectivity index (χ0v) is 11.8. The predicted octanol–water partition coefficient (Wildman–Crippen LogP) is 1.67. The number of hydrazine groups is 1. The molecule has 0 spiro atoms. The smallest absolute Gasteiger partial charge is 0.240 e. The maximum Gasteiger partial charge on any atom is 0.240 e. The lowest BCUT2D eigenvalue weighted by molar-refractivity contribution is 0.617. The van der Waals surface area contributed by atoms with Crippen LogP contribution in [0.5, 0.6) is 0 Å². The summed E-state index contributed by atoms with van der Waals surface area (Å²) in [5, 5.41) is 6.39. The Morgan fingerprint density at radius 2 is 2.35 bits per heavy atom. The Bertz CT molecular complexity index is 691. The molecular weight excluding hydrogens is 274 g/mol. The van der Waals surface area contributed by atoms with Crippen molar-refractivity contribution in [2.75, 3.05) is 10.7 Å². The molecule has 8 heteroatoms. The van der Waals surface area contributed by atoms with Crippen LogP contribution >= 0.6 is 11.3 Å². The number of hydrogen-bond donors (Lipinski definition) is 3. The van der Waals surface area contributed by atoms with E-state index in [1.165, 1.54) is 0 Å². The van der Waals surface area contributed by atoms with Gasteiger partial charge in [0.15, 0.2) is 0 Å². The van der Waals surface area contributed by atoms with Gasteiger partial charge in [-0.25, -0.2) is 15.8 Å². The molecule has 3 aromatic heterocycles. The van der Waals surface area contributed by atoms with E-state index < -0.39 is 0 Å². The molecule has 0 aromatic carbocycles. The van der Waals surface area contributed by atoms with Crippen LogP contribution in [0, 0.1) is 0 Å². The average molecular weight is 289 g/mol. The highest BCUT2D eigenvalue weighted by Crippen LogP contribution is 2.26. The first kappa shape index (κ1) is 12.8. The third-order valence-corrected chi connectivity index (χ3v) is 3.69. The zero-order chi connectivity index (χ0) is 13.9. The van der Waals surface area contributed by atoms with Crippen molar-refractivity contribution in [2.45, 2.75) is 19.5 Å². The van der Waals surface area contributed by atoms with E-state index >= 15 is 0 Å². The molecule has 1 atom stereocenters. The number of hydrogen-bond acceptors (Lipinski definition) is 7. The van der Waals surface area contributed by atoms with Gasteiger partial charge in [0.2, 0.25) is 5.95 Å². The zero-order valence-electron chi connectivity index (χ0n) is 10.9. The molecule has 3 aromatic rings. The Kier molecular flexibility index (Phi) is 3.48. The van der Waals surface area contributed by atoms with Gasteiger partial charge in [-0.2, -0.15) is 4.98 Å². The molecule has 104 valence electrons.